The lowest BCUT2D eigenvalue weighted by molar-refractivity contribution is -0.145. The Hall–Kier alpha value is -2.04. The van der Waals surface area contributed by atoms with Gasteiger partial charge in [-0.25, -0.2) is 0 Å². The number of carboxylic acid groups (broad SMARTS) is 1. The summed E-state index contributed by atoms with van der Waals surface area (Å²) in [6.45, 7) is 3.89. The Balaban J connectivity index is 1.97. The molecular weight excluding hydrogens is 270 g/mol. The van der Waals surface area contributed by atoms with Crippen LogP contribution in [0.4, 0.5) is 5.69 Å². The first-order valence-corrected chi connectivity index (χ1v) is 7.27. The minimum Gasteiger partial charge on any atom is -0.491 e. The molecule has 1 aromatic carbocycles. The number of ether oxygens (including phenoxy) is 1. The molecule has 0 heterocycles. The van der Waals surface area contributed by atoms with Gasteiger partial charge in [-0.05, 0) is 51.0 Å². The number of benzene rings is 1. The maximum atomic E-state index is 12.2. The molecule has 0 saturated heterocycles. The topological polar surface area (TPSA) is 75.6 Å². The van der Waals surface area contributed by atoms with Gasteiger partial charge in [0.05, 0.1) is 17.9 Å². The smallest absolute Gasteiger partial charge is 0.307 e. The first kappa shape index (κ1) is 15.4. The molecule has 0 aliphatic heterocycles. The molecule has 1 aliphatic carbocycles. The Morgan fingerprint density at radius 1 is 1.19 bits per heavy atom. The summed E-state index contributed by atoms with van der Waals surface area (Å²) in [5.74, 6) is -1.35. The van der Waals surface area contributed by atoms with E-state index in [9.17, 15) is 9.59 Å². The van der Waals surface area contributed by atoms with Crippen LogP contribution in [0.5, 0.6) is 5.75 Å². The molecule has 1 fully saturated rings. The third-order valence-corrected chi connectivity index (χ3v) is 3.66. The highest BCUT2D eigenvalue weighted by Gasteiger charge is 2.37. The van der Waals surface area contributed by atoms with Crippen LogP contribution in [0.15, 0.2) is 24.3 Å². The maximum Gasteiger partial charge on any atom is 0.307 e. The highest BCUT2D eigenvalue weighted by atomic mass is 16.5. The number of carboxylic acids is 1. The van der Waals surface area contributed by atoms with Crippen LogP contribution < -0.4 is 10.1 Å². The van der Waals surface area contributed by atoms with Gasteiger partial charge in [0.2, 0.25) is 5.91 Å². The first-order valence-electron chi connectivity index (χ1n) is 7.27. The fourth-order valence-electron chi connectivity index (χ4n) is 2.69. The molecule has 0 unspecified atom stereocenters. The first-order chi connectivity index (χ1) is 9.97. The second kappa shape index (κ2) is 6.61. The van der Waals surface area contributed by atoms with Gasteiger partial charge in [0.1, 0.15) is 5.75 Å². The number of anilines is 1. The molecule has 5 nitrogen and oxygen atoms in total. The highest BCUT2D eigenvalue weighted by molar-refractivity contribution is 5.95. The molecule has 0 bridgehead atoms. The average molecular weight is 291 g/mol. The molecule has 5 heteroatoms. The van der Waals surface area contributed by atoms with E-state index < -0.39 is 17.8 Å². The van der Waals surface area contributed by atoms with Crippen LogP contribution in [0.3, 0.4) is 0 Å². The fraction of sp³-hybridized carbons (Fsp3) is 0.500. The predicted octanol–water partition coefficient (Wildman–Crippen LogP) is 2.91. The van der Waals surface area contributed by atoms with Crippen molar-refractivity contribution < 1.29 is 19.4 Å². The summed E-state index contributed by atoms with van der Waals surface area (Å²) < 4.78 is 5.53. The van der Waals surface area contributed by atoms with Crippen LogP contribution in [-0.4, -0.2) is 23.1 Å². The number of hydrogen-bond donors (Lipinski definition) is 2. The average Bonchev–Trinajstić information content (AvgIpc) is 2.90. The minimum atomic E-state index is -0.881. The summed E-state index contributed by atoms with van der Waals surface area (Å²) in [6.07, 6.45) is 2.10. The van der Waals surface area contributed by atoms with Crippen molar-refractivity contribution in [3.8, 4) is 5.75 Å². The normalized spacial score (nSPS) is 21.3. The van der Waals surface area contributed by atoms with Crippen molar-refractivity contribution in [3.63, 3.8) is 0 Å². The van der Waals surface area contributed by atoms with Crippen LogP contribution in [0.1, 0.15) is 33.1 Å². The molecule has 21 heavy (non-hydrogen) atoms. The fourth-order valence-corrected chi connectivity index (χ4v) is 2.69. The molecule has 0 spiro atoms. The summed E-state index contributed by atoms with van der Waals surface area (Å²) in [7, 11) is 0. The molecule has 114 valence electrons. The van der Waals surface area contributed by atoms with E-state index in [0.29, 0.717) is 18.5 Å². The van der Waals surface area contributed by atoms with Gasteiger partial charge in [-0.1, -0.05) is 6.42 Å². The Kier molecular flexibility index (Phi) is 4.83. The van der Waals surface area contributed by atoms with E-state index in [1.165, 1.54) is 0 Å². The summed E-state index contributed by atoms with van der Waals surface area (Å²) >= 11 is 0. The molecule has 2 atom stereocenters. The molecule has 2 N–H and O–H groups in total. The van der Waals surface area contributed by atoms with Crippen molar-refractivity contribution >= 4 is 17.6 Å². The van der Waals surface area contributed by atoms with Gasteiger partial charge in [0.25, 0.3) is 0 Å². The molecule has 1 saturated carbocycles. The summed E-state index contributed by atoms with van der Waals surface area (Å²) in [5.41, 5.74) is 0.659. The van der Waals surface area contributed by atoms with E-state index in [4.69, 9.17) is 9.84 Å². The number of aliphatic carboxylic acids is 1. The van der Waals surface area contributed by atoms with E-state index in [1.807, 2.05) is 13.8 Å². The number of nitrogens with one attached hydrogen (secondary N) is 1. The summed E-state index contributed by atoms with van der Waals surface area (Å²) in [5, 5.41) is 11.9. The van der Waals surface area contributed by atoms with Gasteiger partial charge >= 0.3 is 5.97 Å². The molecule has 1 amide bonds. The Bertz CT molecular complexity index is 510. The molecular formula is C16H21NO4. The number of rotatable bonds is 5. The zero-order chi connectivity index (χ0) is 15.4. The monoisotopic (exact) mass is 291 g/mol. The van der Waals surface area contributed by atoms with Crippen LogP contribution in [0.25, 0.3) is 0 Å². The Morgan fingerprint density at radius 2 is 1.81 bits per heavy atom. The summed E-state index contributed by atoms with van der Waals surface area (Å²) in [6, 6.07) is 7.11. The Labute approximate surface area is 124 Å². The zero-order valence-corrected chi connectivity index (χ0v) is 12.3. The number of hydrogen-bond acceptors (Lipinski definition) is 3. The molecule has 0 aromatic heterocycles. The van der Waals surface area contributed by atoms with Crippen molar-refractivity contribution in [1.82, 2.24) is 0 Å². The second-order valence-corrected chi connectivity index (χ2v) is 5.66. The highest BCUT2D eigenvalue weighted by Crippen LogP contribution is 2.33. The SMILES string of the molecule is CC(C)Oc1ccc(NC(=O)[C@@H]2CCC[C@@H]2C(=O)O)cc1. The standard InChI is InChI=1S/C16H21NO4/c1-10(2)21-12-8-6-11(7-9-12)17-15(18)13-4-3-5-14(13)16(19)20/h6-10,13-14H,3-5H2,1-2H3,(H,17,18)(H,19,20)/t13-,14+/m1/s1. The van der Waals surface area contributed by atoms with E-state index in [-0.39, 0.29) is 12.0 Å². The van der Waals surface area contributed by atoms with Crippen LogP contribution in [0, 0.1) is 11.8 Å². The number of carbonyl (C=O) groups is 2. The summed E-state index contributed by atoms with van der Waals surface area (Å²) in [4.78, 5) is 23.3. The molecule has 1 aliphatic rings. The van der Waals surface area contributed by atoms with E-state index in [1.54, 1.807) is 24.3 Å². The zero-order valence-electron chi connectivity index (χ0n) is 12.3. The van der Waals surface area contributed by atoms with Gasteiger partial charge in [-0.2, -0.15) is 0 Å². The van der Waals surface area contributed by atoms with Crippen LogP contribution in [0.2, 0.25) is 0 Å². The lowest BCUT2D eigenvalue weighted by Gasteiger charge is -2.16. The van der Waals surface area contributed by atoms with E-state index in [0.717, 1.165) is 12.2 Å². The lowest BCUT2D eigenvalue weighted by Crippen LogP contribution is -2.29. The van der Waals surface area contributed by atoms with Crippen LogP contribution >= 0.6 is 0 Å². The van der Waals surface area contributed by atoms with Crippen molar-refractivity contribution in [2.45, 2.75) is 39.2 Å². The number of amides is 1. The van der Waals surface area contributed by atoms with Crippen molar-refractivity contribution in [2.24, 2.45) is 11.8 Å². The number of carbonyl (C=O) groups excluding carboxylic acids is 1. The van der Waals surface area contributed by atoms with Gasteiger partial charge in [0, 0.05) is 5.69 Å². The molecule has 2 rings (SSSR count). The van der Waals surface area contributed by atoms with Gasteiger partial charge < -0.3 is 15.2 Å². The van der Waals surface area contributed by atoms with Crippen molar-refractivity contribution in [1.29, 1.82) is 0 Å². The van der Waals surface area contributed by atoms with Gasteiger partial charge in [-0.15, -0.1) is 0 Å². The maximum absolute atomic E-state index is 12.2. The van der Waals surface area contributed by atoms with Crippen molar-refractivity contribution in [3.05, 3.63) is 24.3 Å². The second-order valence-electron chi connectivity index (χ2n) is 5.66. The van der Waals surface area contributed by atoms with E-state index >= 15 is 0 Å². The van der Waals surface area contributed by atoms with E-state index in [2.05, 4.69) is 5.32 Å². The third-order valence-electron chi connectivity index (χ3n) is 3.66. The van der Waals surface area contributed by atoms with Gasteiger partial charge in [0.15, 0.2) is 0 Å². The predicted molar refractivity (Wildman–Crippen MR) is 79.3 cm³/mol. The largest absolute Gasteiger partial charge is 0.491 e. The molecule has 1 aromatic rings. The lowest BCUT2D eigenvalue weighted by atomic mass is 9.95. The van der Waals surface area contributed by atoms with Crippen molar-refractivity contribution in [2.75, 3.05) is 5.32 Å². The Morgan fingerprint density at radius 3 is 2.38 bits per heavy atom. The minimum absolute atomic E-state index is 0.0975. The molecule has 0 radical (unpaired) electrons. The quantitative estimate of drug-likeness (QED) is 0.874. The third kappa shape index (κ3) is 3.97. The van der Waals surface area contributed by atoms with Crippen LogP contribution in [-0.2, 0) is 9.59 Å². The van der Waals surface area contributed by atoms with Gasteiger partial charge in [-0.3, -0.25) is 9.59 Å².